The Morgan fingerprint density at radius 2 is 2.21 bits per heavy atom. The van der Waals surface area contributed by atoms with Crippen molar-refractivity contribution in [2.24, 2.45) is 11.8 Å². The lowest BCUT2D eigenvalue weighted by Gasteiger charge is -2.19. The molecule has 0 aromatic carbocycles. The molecule has 0 radical (unpaired) electrons. The zero-order chi connectivity index (χ0) is 10.7. The summed E-state index contributed by atoms with van der Waals surface area (Å²) in [6.07, 6.45) is 2.79. The smallest absolute Gasteiger partial charge is 0.309 e. The molecule has 0 aromatic heterocycles. The Labute approximate surface area is 85.5 Å². The summed E-state index contributed by atoms with van der Waals surface area (Å²) >= 11 is 0. The molecule has 0 spiro atoms. The molecule has 82 valence electrons. The van der Waals surface area contributed by atoms with Crippen molar-refractivity contribution in [2.75, 3.05) is 0 Å². The lowest BCUT2D eigenvalue weighted by molar-refractivity contribution is -0.144. The average Bonchev–Trinajstić information content (AvgIpc) is 2.49. The molecule has 1 heterocycles. The molecule has 3 heteroatoms. The van der Waals surface area contributed by atoms with Crippen molar-refractivity contribution in [3.8, 4) is 0 Å². The van der Waals surface area contributed by atoms with Crippen LogP contribution < -0.4 is 0 Å². The van der Waals surface area contributed by atoms with Gasteiger partial charge in [0, 0.05) is 0 Å². The molecule has 1 fully saturated rings. The van der Waals surface area contributed by atoms with E-state index in [0.717, 1.165) is 12.8 Å². The van der Waals surface area contributed by atoms with Crippen LogP contribution in [0.5, 0.6) is 0 Å². The first-order valence-electron chi connectivity index (χ1n) is 5.44. The summed E-state index contributed by atoms with van der Waals surface area (Å²) in [5.74, 6) is -0.716. The first kappa shape index (κ1) is 11.5. The molecular weight excluding hydrogens is 180 g/mol. The van der Waals surface area contributed by atoms with Crippen LogP contribution in [0.2, 0.25) is 0 Å². The van der Waals surface area contributed by atoms with E-state index in [2.05, 4.69) is 6.92 Å². The monoisotopic (exact) mass is 200 g/mol. The van der Waals surface area contributed by atoms with Crippen LogP contribution in [0.1, 0.15) is 40.0 Å². The summed E-state index contributed by atoms with van der Waals surface area (Å²) in [6.45, 7) is 6.14. The summed E-state index contributed by atoms with van der Waals surface area (Å²) in [6, 6.07) is 0. The Hall–Kier alpha value is -0.570. The highest BCUT2D eigenvalue weighted by atomic mass is 16.5. The van der Waals surface area contributed by atoms with E-state index in [-0.39, 0.29) is 24.0 Å². The Balaban J connectivity index is 2.60. The maximum absolute atomic E-state index is 11.0. The Morgan fingerprint density at radius 3 is 2.57 bits per heavy atom. The van der Waals surface area contributed by atoms with Gasteiger partial charge in [-0.2, -0.15) is 0 Å². The van der Waals surface area contributed by atoms with Crippen molar-refractivity contribution in [1.29, 1.82) is 0 Å². The second-order valence-electron chi connectivity index (χ2n) is 4.44. The van der Waals surface area contributed by atoms with Crippen molar-refractivity contribution in [3.05, 3.63) is 0 Å². The van der Waals surface area contributed by atoms with Gasteiger partial charge in [0.1, 0.15) is 0 Å². The minimum absolute atomic E-state index is 0.0935. The third kappa shape index (κ3) is 2.47. The highest BCUT2D eigenvalue weighted by Crippen LogP contribution is 2.33. The molecule has 1 N–H and O–H groups in total. The fourth-order valence-electron chi connectivity index (χ4n) is 2.16. The van der Waals surface area contributed by atoms with E-state index < -0.39 is 5.97 Å². The third-order valence-corrected chi connectivity index (χ3v) is 2.85. The number of hydrogen-bond acceptors (Lipinski definition) is 2. The molecule has 1 aliphatic rings. The van der Waals surface area contributed by atoms with Crippen LogP contribution in [0.15, 0.2) is 0 Å². The average molecular weight is 200 g/mol. The number of aliphatic carboxylic acids is 1. The predicted octanol–water partition coefficient (Wildman–Crippen LogP) is 2.30. The Kier molecular flexibility index (Phi) is 3.93. The van der Waals surface area contributed by atoms with E-state index in [4.69, 9.17) is 9.84 Å². The molecule has 1 rings (SSSR count). The molecule has 14 heavy (non-hydrogen) atoms. The first-order valence-corrected chi connectivity index (χ1v) is 5.44. The van der Waals surface area contributed by atoms with Crippen LogP contribution in [0.4, 0.5) is 0 Å². The van der Waals surface area contributed by atoms with Crippen LogP contribution in [-0.4, -0.2) is 23.3 Å². The Morgan fingerprint density at radius 1 is 1.57 bits per heavy atom. The van der Waals surface area contributed by atoms with Gasteiger partial charge >= 0.3 is 5.97 Å². The van der Waals surface area contributed by atoms with Crippen LogP contribution in [0, 0.1) is 11.8 Å². The van der Waals surface area contributed by atoms with Gasteiger partial charge in [0.05, 0.1) is 18.1 Å². The highest BCUT2D eigenvalue weighted by Gasteiger charge is 2.40. The van der Waals surface area contributed by atoms with E-state index in [1.807, 2.05) is 13.8 Å². The van der Waals surface area contributed by atoms with Crippen molar-refractivity contribution in [3.63, 3.8) is 0 Å². The van der Waals surface area contributed by atoms with Gasteiger partial charge in [-0.25, -0.2) is 0 Å². The van der Waals surface area contributed by atoms with Crippen molar-refractivity contribution < 1.29 is 14.6 Å². The van der Waals surface area contributed by atoms with E-state index in [1.54, 1.807) is 0 Å². The second-order valence-corrected chi connectivity index (χ2v) is 4.44. The predicted molar refractivity (Wildman–Crippen MR) is 54.1 cm³/mol. The molecular formula is C11H20O3. The normalized spacial score (nSPS) is 32.4. The summed E-state index contributed by atoms with van der Waals surface area (Å²) in [5, 5.41) is 9.04. The SMILES string of the molecule is CCCC1CC(C(=O)O)C(C(C)C)O1. The molecule has 3 atom stereocenters. The zero-order valence-electron chi connectivity index (χ0n) is 9.19. The van der Waals surface area contributed by atoms with Crippen LogP contribution >= 0.6 is 0 Å². The number of rotatable bonds is 4. The number of ether oxygens (including phenoxy) is 1. The molecule has 0 aliphatic carbocycles. The van der Waals surface area contributed by atoms with Crippen LogP contribution in [0.3, 0.4) is 0 Å². The second kappa shape index (κ2) is 4.78. The lowest BCUT2D eigenvalue weighted by atomic mass is 9.91. The van der Waals surface area contributed by atoms with Crippen LogP contribution in [-0.2, 0) is 9.53 Å². The molecule has 1 aliphatic heterocycles. The van der Waals surface area contributed by atoms with Gasteiger partial charge in [0.2, 0.25) is 0 Å². The molecule has 0 bridgehead atoms. The number of carboxylic acids is 1. The molecule has 0 aromatic rings. The maximum atomic E-state index is 11.0. The van der Waals surface area contributed by atoms with Gasteiger partial charge < -0.3 is 9.84 Å². The van der Waals surface area contributed by atoms with Gasteiger partial charge in [-0.15, -0.1) is 0 Å². The van der Waals surface area contributed by atoms with E-state index >= 15 is 0 Å². The third-order valence-electron chi connectivity index (χ3n) is 2.85. The minimum Gasteiger partial charge on any atom is -0.481 e. The minimum atomic E-state index is -0.706. The maximum Gasteiger partial charge on any atom is 0.309 e. The molecule has 0 saturated carbocycles. The van der Waals surface area contributed by atoms with Gasteiger partial charge in [-0.3, -0.25) is 4.79 Å². The van der Waals surface area contributed by atoms with Gasteiger partial charge in [-0.05, 0) is 18.8 Å². The van der Waals surface area contributed by atoms with Gasteiger partial charge in [0.15, 0.2) is 0 Å². The molecule has 3 nitrogen and oxygen atoms in total. The topological polar surface area (TPSA) is 46.5 Å². The largest absolute Gasteiger partial charge is 0.481 e. The first-order chi connectivity index (χ1) is 6.56. The van der Waals surface area contributed by atoms with Crippen molar-refractivity contribution in [1.82, 2.24) is 0 Å². The number of hydrogen-bond donors (Lipinski definition) is 1. The van der Waals surface area contributed by atoms with E-state index in [1.165, 1.54) is 0 Å². The van der Waals surface area contributed by atoms with E-state index in [0.29, 0.717) is 6.42 Å². The summed E-state index contributed by atoms with van der Waals surface area (Å²) in [7, 11) is 0. The lowest BCUT2D eigenvalue weighted by Crippen LogP contribution is -2.28. The van der Waals surface area contributed by atoms with Gasteiger partial charge in [-0.1, -0.05) is 27.2 Å². The fraction of sp³-hybridized carbons (Fsp3) is 0.909. The standard InChI is InChI=1S/C11H20O3/c1-4-5-8-6-9(11(12)13)10(14-8)7(2)3/h7-10H,4-6H2,1-3H3,(H,12,13). The quantitative estimate of drug-likeness (QED) is 0.757. The van der Waals surface area contributed by atoms with Crippen LogP contribution in [0.25, 0.3) is 0 Å². The summed E-state index contributed by atoms with van der Waals surface area (Å²) < 4.78 is 5.76. The molecule has 0 amide bonds. The highest BCUT2D eigenvalue weighted by molar-refractivity contribution is 5.71. The fourth-order valence-corrected chi connectivity index (χ4v) is 2.16. The number of carbonyl (C=O) groups is 1. The van der Waals surface area contributed by atoms with Crippen molar-refractivity contribution in [2.45, 2.75) is 52.2 Å². The number of carboxylic acid groups (broad SMARTS) is 1. The molecule has 3 unspecified atom stereocenters. The van der Waals surface area contributed by atoms with E-state index in [9.17, 15) is 4.79 Å². The van der Waals surface area contributed by atoms with Crippen molar-refractivity contribution >= 4 is 5.97 Å². The zero-order valence-corrected chi connectivity index (χ0v) is 9.19. The Bertz CT molecular complexity index is 201. The summed E-state index contributed by atoms with van der Waals surface area (Å²) in [4.78, 5) is 11.0. The summed E-state index contributed by atoms with van der Waals surface area (Å²) in [5.41, 5.74) is 0. The van der Waals surface area contributed by atoms with Gasteiger partial charge in [0.25, 0.3) is 0 Å². The molecule has 1 saturated heterocycles.